The lowest BCUT2D eigenvalue weighted by atomic mass is 10.00. The summed E-state index contributed by atoms with van der Waals surface area (Å²) in [4.78, 5) is 28.1. The van der Waals surface area contributed by atoms with Crippen LogP contribution in [0.5, 0.6) is 0 Å². The number of rotatable bonds is 6. The molecule has 2 aliphatic heterocycles. The molecule has 2 aromatic heterocycles. The van der Waals surface area contributed by atoms with Gasteiger partial charge in [-0.2, -0.15) is 4.98 Å². The Bertz CT molecular complexity index is 1200. The SMILES string of the molecule is CC(C)(C)OC(=O)N1CCc2nc(Nc3ccc(-c4cnco4)cc3)nc(NCC3CCOCC3)c2C1. The summed E-state index contributed by atoms with van der Waals surface area (Å²) in [5.41, 5.74) is 3.13. The zero-order valence-corrected chi connectivity index (χ0v) is 21.6. The van der Waals surface area contributed by atoms with Crippen molar-refractivity contribution in [2.45, 2.75) is 52.2 Å². The average Bonchev–Trinajstić information content (AvgIpc) is 3.42. The van der Waals surface area contributed by atoms with Gasteiger partial charge in [0.15, 0.2) is 12.2 Å². The first-order valence-corrected chi connectivity index (χ1v) is 12.8. The Kier molecular flexibility index (Phi) is 7.27. The molecule has 1 aromatic carbocycles. The number of fused-ring (bicyclic) bond motifs is 1. The molecule has 4 heterocycles. The van der Waals surface area contributed by atoms with Crippen molar-refractivity contribution in [1.29, 1.82) is 0 Å². The summed E-state index contributed by atoms with van der Waals surface area (Å²) in [7, 11) is 0. The number of hydrogen-bond donors (Lipinski definition) is 2. The molecule has 10 heteroatoms. The zero-order valence-electron chi connectivity index (χ0n) is 21.6. The molecule has 37 heavy (non-hydrogen) atoms. The highest BCUT2D eigenvalue weighted by molar-refractivity contribution is 5.70. The number of nitrogens with zero attached hydrogens (tertiary/aromatic N) is 4. The molecular formula is C27H34N6O4. The Morgan fingerprint density at radius 3 is 2.65 bits per heavy atom. The van der Waals surface area contributed by atoms with Crippen molar-refractivity contribution in [3.05, 3.63) is 48.1 Å². The second kappa shape index (κ2) is 10.8. The smallest absolute Gasteiger partial charge is 0.410 e. The van der Waals surface area contributed by atoms with E-state index in [0.717, 1.165) is 60.9 Å². The van der Waals surface area contributed by atoms with Crippen LogP contribution >= 0.6 is 0 Å². The van der Waals surface area contributed by atoms with Crippen LogP contribution < -0.4 is 10.6 Å². The summed E-state index contributed by atoms with van der Waals surface area (Å²) in [6, 6.07) is 7.84. The van der Waals surface area contributed by atoms with Crippen LogP contribution in [0, 0.1) is 5.92 Å². The van der Waals surface area contributed by atoms with Crippen LogP contribution in [0.3, 0.4) is 0 Å². The highest BCUT2D eigenvalue weighted by Crippen LogP contribution is 2.29. The number of ether oxygens (including phenoxy) is 2. The molecule has 0 spiro atoms. The molecule has 1 saturated heterocycles. The average molecular weight is 507 g/mol. The molecule has 5 rings (SSSR count). The number of nitrogens with one attached hydrogen (secondary N) is 2. The van der Waals surface area contributed by atoms with Gasteiger partial charge in [0.05, 0.1) is 18.4 Å². The molecule has 0 saturated carbocycles. The Morgan fingerprint density at radius 2 is 1.95 bits per heavy atom. The third kappa shape index (κ3) is 6.37. The maximum absolute atomic E-state index is 12.8. The predicted molar refractivity (Wildman–Crippen MR) is 140 cm³/mol. The van der Waals surface area contributed by atoms with E-state index in [2.05, 4.69) is 15.6 Å². The molecule has 2 N–H and O–H groups in total. The van der Waals surface area contributed by atoms with Crippen LogP contribution in [0.2, 0.25) is 0 Å². The zero-order chi connectivity index (χ0) is 25.8. The van der Waals surface area contributed by atoms with Crippen molar-refractivity contribution in [3.63, 3.8) is 0 Å². The van der Waals surface area contributed by atoms with Crippen molar-refractivity contribution in [2.24, 2.45) is 5.92 Å². The first-order chi connectivity index (χ1) is 17.8. The number of oxazole rings is 1. The summed E-state index contributed by atoms with van der Waals surface area (Å²) in [6.45, 7) is 8.96. The fraction of sp³-hybridized carbons (Fsp3) is 0.481. The Morgan fingerprint density at radius 1 is 1.16 bits per heavy atom. The number of anilines is 3. The van der Waals surface area contributed by atoms with Crippen LogP contribution in [0.1, 0.15) is 44.9 Å². The maximum atomic E-state index is 12.8. The Balaban J connectivity index is 1.36. The van der Waals surface area contributed by atoms with Crippen LogP contribution in [0.15, 0.2) is 41.3 Å². The highest BCUT2D eigenvalue weighted by Gasteiger charge is 2.29. The van der Waals surface area contributed by atoms with Gasteiger partial charge in [-0.25, -0.2) is 14.8 Å². The third-order valence-corrected chi connectivity index (χ3v) is 6.47. The molecule has 196 valence electrons. The second-order valence-electron chi connectivity index (χ2n) is 10.5. The molecule has 0 radical (unpaired) electrons. The number of aromatic nitrogens is 3. The lowest BCUT2D eigenvalue weighted by molar-refractivity contribution is 0.0223. The Hall–Kier alpha value is -3.66. The van der Waals surface area contributed by atoms with Crippen LogP contribution in [0.4, 0.5) is 22.2 Å². The van der Waals surface area contributed by atoms with Crippen molar-refractivity contribution in [3.8, 4) is 11.3 Å². The second-order valence-corrected chi connectivity index (χ2v) is 10.5. The predicted octanol–water partition coefficient (Wildman–Crippen LogP) is 5.01. The summed E-state index contributed by atoms with van der Waals surface area (Å²) >= 11 is 0. The summed E-state index contributed by atoms with van der Waals surface area (Å²) in [6.07, 6.45) is 5.46. The fourth-order valence-corrected chi connectivity index (χ4v) is 4.50. The quantitative estimate of drug-likeness (QED) is 0.476. The minimum Gasteiger partial charge on any atom is -0.444 e. The summed E-state index contributed by atoms with van der Waals surface area (Å²) < 4.78 is 16.5. The van der Waals surface area contributed by atoms with E-state index in [9.17, 15) is 4.79 Å². The van der Waals surface area contributed by atoms with Gasteiger partial charge in [-0.1, -0.05) is 0 Å². The van der Waals surface area contributed by atoms with Crippen molar-refractivity contribution >= 4 is 23.5 Å². The van der Waals surface area contributed by atoms with Gasteiger partial charge >= 0.3 is 6.09 Å². The molecule has 0 atom stereocenters. The van der Waals surface area contributed by atoms with Gasteiger partial charge in [-0.15, -0.1) is 0 Å². The minimum absolute atomic E-state index is 0.317. The number of amides is 1. The van der Waals surface area contributed by atoms with Gasteiger partial charge < -0.3 is 29.4 Å². The largest absolute Gasteiger partial charge is 0.444 e. The monoisotopic (exact) mass is 506 g/mol. The number of carbonyl (C=O) groups excluding carboxylic acids is 1. The lowest BCUT2D eigenvalue weighted by Gasteiger charge is -2.32. The van der Waals surface area contributed by atoms with Crippen LogP contribution in [-0.2, 0) is 22.4 Å². The molecule has 10 nitrogen and oxygen atoms in total. The van der Waals surface area contributed by atoms with E-state index in [1.807, 2.05) is 45.0 Å². The van der Waals surface area contributed by atoms with E-state index in [0.29, 0.717) is 37.1 Å². The first-order valence-electron chi connectivity index (χ1n) is 12.8. The molecule has 1 fully saturated rings. The van der Waals surface area contributed by atoms with E-state index >= 15 is 0 Å². The van der Waals surface area contributed by atoms with Crippen LogP contribution in [-0.4, -0.2) is 57.8 Å². The normalized spacial score (nSPS) is 16.2. The number of hydrogen-bond acceptors (Lipinski definition) is 9. The van der Waals surface area contributed by atoms with Gasteiger partial charge in [0.1, 0.15) is 11.4 Å². The molecular weight excluding hydrogens is 472 g/mol. The van der Waals surface area contributed by atoms with Gasteiger partial charge in [-0.3, -0.25) is 0 Å². The van der Waals surface area contributed by atoms with E-state index in [1.54, 1.807) is 11.1 Å². The van der Waals surface area contributed by atoms with Gasteiger partial charge in [0.25, 0.3) is 0 Å². The summed E-state index contributed by atoms with van der Waals surface area (Å²) in [5, 5.41) is 6.90. The Labute approximate surface area is 216 Å². The van der Waals surface area contributed by atoms with Gasteiger partial charge in [0, 0.05) is 49.5 Å². The standard InChI is InChI=1S/C27H34N6O4/c1-27(2,3)37-26(34)33-11-8-22-21(16-33)24(29-14-18-9-12-35-13-10-18)32-25(31-22)30-20-6-4-19(5-7-20)23-15-28-17-36-23/h4-7,15,17-18H,8-14,16H2,1-3H3,(H2,29,30,31,32). The van der Waals surface area contributed by atoms with E-state index in [-0.39, 0.29) is 6.09 Å². The molecule has 1 amide bonds. The highest BCUT2D eigenvalue weighted by atomic mass is 16.6. The minimum atomic E-state index is -0.547. The molecule has 0 aliphatic carbocycles. The van der Waals surface area contributed by atoms with Gasteiger partial charge in [-0.05, 0) is 63.8 Å². The molecule has 0 bridgehead atoms. The van der Waals surface area contributed by atoms with Gasteiger partial charge in [0.2, 0.25) is 5.95 Å². The third-order valence-electron chi connectivity index (χ3n) is 6.47. The van der Waals surface area contributed by atoms with E-state index in [4.69, 9.17) is 23.9 Å². The van der Waals surface area contributed by atoms with Crippen molar-refractivity contribution < 1.29 is 18.7 Å². The fourth-order valence-electron chi connectivity index (χ4n) is 4.50. The molecule has 2 aliphatic rings. The van der Waals surface area contributed by atoms with Crippen molar-refractivity contribution in [1.82, 2.24) is 19.9 Å². The van der Waals surface area contributed by atoms with Crippen molar-refractivity contribution in [2.75, 3.05) is 36.9 Å². The summed E-state index contributed by atoms with van der Waals surface area (Å²) in [5.74, 6) is 2.51. The number of benzene rings is 1. The van der Waals surface area contributed by atoms with E-state index in [1.165, 1.54) is 6.39 Å². The number of carbonyl (C=O) groups is 1. The topological polar surface area (TPSA) is 115 Å². The van der Waals surface area contributed by atoms with E-state index < -0.39 is 5.60 Å². The maximum Gasteiger partial charge on any atom is 0.410 e. The molecule has 0 unspecified atom stereocenters. The molecule has 3 aromatic rings. The first kappa shape index (κ1) is 25.0. The lowest BCUT2D eigenvalue weighted by Crippen LogP contribution is -2.40. The van der Waals surface area contributed by atoms with Crippen LogP contribution in [0.25, 0.3) is 11.3 Å².